The fourth-order valence-electron chi connectivity index (χ4n) is 4.61. The molecule has 0 aliphatic heterocycles. The van der Waals surface area contributed by atoms with E-state index >= 15 is 0 Å². The van der Waals surface area contributed by atoms with Gasteiger partial charge >= 0.3 is 0 Å². The van der Waals surface area contributed by atoms with Crippen LogP contribution in [-0.4, -0.2) is 0 Å². The second kappa shape index (κ2) is 9.67. The predicted octanol–water partition coefficient (Wildman–Crippen LogP) is 5.27. The maximum atomic E-state index is 14.9. The maximum Gasteiger partial charge on any atom is 0.171 e. The summed E-state index contributed by atoms with van der Waals surface area (Å²) in [5.74, 6) is 0. The van der Waals surface area contributed by atoms with Crippen LogP contribution in [0.2, 0.25) is 0 Å². The molecule has 35 heavy (non-hydrogen) atoms. The van der Waals surface area contributed by atoms with Crippen LogP contribution in [-0.2, 0) is 9.13 Å². The fraction of sp³-hybridized carbons (Fsp3) is 0.0323. The zero-order valence-electron chi connectivity index (χ0n) is 19.5. The van der Waals surface area contributed by atoms with Gasteiger partial charge < -0.3 is 9.13 Å². The molecule has 0 aliphatic carbocycles. The summed E-state index contributed by atoms with van der Waals surface area (Å²) in [6.07, 6.45) is 0. The maximum absolute atomic E-state index is 14.9. The van der Waals surface area contributed by atoms with Gasteiger partial charge in [0.15, 0.2) is 14.3 Å². The van der Waals surface area contributed by atoms with Crippen LogP contribution in [0.3, 0.4) is 0 Å². The zero-order chi connectivity index (χ0) is 24.3. The van der Waals surface area contributed by atoms with Crippen LogP contribution in [0.1, 0.15) is 5.56 Å². The molecule has 5 rings (SSSR count). The lowest BCUT2D eigenvalue weighted by Gasteiger charge is -2.24. The molecule has 0 unspecified atom stereocenters. The lowest BCUT2D eigenvalue weighted by atomic mass is 10.2. The second-order valence-electron chi connectivity index (χ2n) is 8.53. The Balaban J connectivity index is 1.72. The summed E-state index contributed by atoms with van der Waals surface area (Å²) >= 11 is 0. The molecule has 0 radical (unpaired) electrons. The van der Waals surface area contributed by atoms with E-state index in [1.54, 1.807) is 0 Å². The number of hydrogen-bond donors (Lipinski definition) is 0. The van der Waals surface area contributed by atoms with E-state index in [1.165, 1.54) is 0 Å². The Morgan fingerprint density at radius 1 is 0.400 bits per heavy atom. The Morgan fingerprint density at radius 3 is 1.09 bits per heavy atom. The number of rotatable bonds is 6. The van der Waals surface area contributed by atoms with Crippen molar-refractivity contribution >= 4 is 46.1 Å². The average Bonchev–Trinajstić information content (AvgIpc) is 2.94. The Labute approximate surface area is 207 Å². The fourth-order valence-corrected chi connectivity index (χ4v) is 10.2. The molecule has 0 fully saturated rings. The minimum absolute atomic E-state index is 0.740. The summed E-state index contributed by atoms with van der Waals surface area (Å²) in [5.41, 5.74) is 0.866. The Hall–Kier alpha value is -3.44. The van der Waals surface area contributed by atoms with E-state index in [2.05, 4.69) is 0 Å². The first-order valence-corrected chi connectivity index (χ1v) is 15.0. The van der Waals surface area contributed by atoms with Crippen molar-refractivity contribution in [3.63, 3.8) is 0 Å². The SMILES string of the molecule is Cc1cc(P(=O)(c2ccccc2)c2ccccc2)ccc1P(=O)(c1ccccc1)c1ccccc1. The average molecular weight is 492 g/mol. The lowest BCUT2D eigenvalue weighted by molar-refractivity contribution is 0.591. The highest BCUT2D eigenvalue weighted by Crippen LogP contribution is 2.46. The van der Waals surface area contributed by atoms with Crippen LogP contribution in [0, 0.1) is 6.92 Å². The molecule has 0 aliphatic rings. The first kappa shape index (κ1) is 23.3. The molecule has 5 aromatic rings. The molecule has 0 atom stereocenters. The van der Waals surface area contributed by atoms with E-state index in [0.29, 0.717) is 0 Å². The highest BCUT2D eigenvalue weighted by molar-refractivity contribution is 7.86. The number of hydrogen-bond acceptors (Lipinski definition) is 2. The zero-order valence-corrected chi connectivity index (χ0v) is 21.3. The molecule has 4 heteroatoms. The number of aryl methyl sites for hydroxylation is 1. The summed E-state index contributed by atoms with van der Waals surface area (Å²) < 4.78 is 29.7. The summed E-state index contributed by atoms with van der Waals surface area (Å²) in [7, 11) is -6.23. The Morgan fingerprint density at radius 2 is 0.743 bits per heavy atom. The smallest absolute Gasteiger partial charge is 0.171 e. The molecular formula is C31H26O2P2. The van der Waals surface area contributed by atoms with E-state index in [1.807, 2.05) is 146 Å². The van der Waals surface area contributed by atoms with Gasteiger partial charge in [0.25, 0.3) is 0 Å². The van der Waals surface area contributed by atoms with Crippen LogP contribution in [0.25, 0.3) is 0 Å². The van der Waals surface area contributed by atoms with Gasteiger partial charge in [0.05, 0.1) is 0 Å². The van der Waals surface area contributed by atoms with Gasteiger partial charge in [-0.2, -0.15) is 0 Å². The van der Waals surface area contributed by atoms with Gasteiger partial charge in [0.1, 0.15) is 0 Å². The monoisotopic (exact) mass is 492 g/mol. The van der Waals surface area contributed by atoms with Crippen molar-refractivity contribution in [1.82, 2.24) is 0 Å². The van der Waals surface area contributed by atoms with Crippen molar-refractivity contribution in [3.05, 3.63) is 145 Å². The molecular weight excluding hydrogens is 466 g/mol. The summed E-state index contributed by atoms with van der Waals surface area (Å²) in [5, 5.41) is 4.66. The third-order valence-electron chi connectivity index (χ3n) is 6.36. The van der Waals surface area contributed by atoms with Crippen LogP contribution >= 0.6 is 14.3 Å². The van der Waals surface area contributed by atoms with Crippen LogP contribution < -0.4 is 31.8 Å². The Kier molecular flexibility index (Phi) is 6.44. The first-order chi connectivity index (χ1) is 17.0. The van der Waals surface area contributed by atoms with E-state index in [9.17, 15) is 9.13 Å². The van der Waals surface area contributed by atoms with Crippen LogP contribution in [0.5, 0.6) is 0 Å². The van der Waals surface area contributed by atoms with Gasteiger partial charge in [-0.15, -0.1) is 0 Å². The van der Waals surface area contributed by atoms with Gasteiger partial charge in [-0.25, -0.2) is 0 Å². The van der Waals surface area contributed by atoms with Crippen LogP contribution in [0.15, 0.2) is 140 Å². The van der Waals surface area contributed by atoms with Crippen molar-refractivity contribution < 1.29 is 9.13 Å². The van der Waals surface area contributed by atoms with Gasteiger partial charge in [0.2, 0.25) is 0 Å². The van der Waals surface area contributed by atoms with E-state index < -0.39 is 14.3 Å². The van der Waals surface area contributed by atoms with Crippen LogP contribution in [0.4, 0.5) is 0 Å². The molecule has 0 N–H and O–H groups in total. The van der Waals surface area contributed by atoms with Gasteiger partial charge in [-0.05, 0) is 24.6 Å². The van der Waals surface area contributed by atoms with Crippen molar-refractivity contribution in [2.24, 2.45) is 0 Å². The molecule has 5 aromatic carbocycles. The van der Waals surface area contributed by atoms with Gasteiger partial charge in [-0.1, -0.05) is 127 Å². The molecule has 0 bridgehead atoms. The first-order valence-electron chi connectivity index (χ1n) is 11.6. The molecule has 0 aromatic heterocycles. The summed E-state index contributed by atoms with van der Waals surface area (Å²) in [4.78, 5) is 0. The lowest BCUT2D eigenvalue weighted by Crippen LogP contribution is -2.30. The predicted molar refractivity (Wildman–Crippen MR) is 150 cm³/mol. The molecule has 0 saturated heterocycles. The molecule has 0 amide bonds. The second-order valence-corrected chi connectivity index (χ2v) is 14.0. The minimum atomic E-state index is -3.12. The van der Waals surface area contributed by atoms with Crippen molar-refractivity contribution in [3.8, 4) is 0 Å². The molecule has 0 heterocycles. The topological polar surface area (TPSA) is 34.1 Å². The third kappa shape index (κ3) is 4.14. The normalized spacial score (nSPS) is 11.8. The highest BCUT2D eigenvalue weighted by Gasteiger charge is 2.34. The van der Waals surface area contributed by atoms with E-state index in [0.717, 1.165) is 37.4 Å². The van der Waals surface area contributed by atoms with E-state index in [-0.39, 0.29) is 0 Å². The van der Waals surface area contributed by atoms with Crippen molar-refractivity contribution in [1.29, 1.82) is 0 Å². The number of benzene rings is 5. The third-order valence-corrected chi connectivity index (χ3v) is 12.6. The highest BCUT2D eigenvalue weighted by atomic mass is 31.2. The summed E-state index contributed by atoms with van der Waals surface area (Å²) in [6, 6.07) is 44.3. The minimum Gasteiger partial charge on any atom is -0.309 e. The molecule has 0 saturated carbocycles. The standard InChI is InChI=1S/C31H26O2P2/c1-25-24-30(34(32,26-14-6-2-7-15-26)27-16-8-3-9-17-27)22-23-31(25)35(33,28-18-10-4-11-19-28)29-20-12-5-13-21-29/h2-24H,1H3. The molecule has 172 valence electrons. The Bertz CT molecular complexity index is 1440. The quantitative estimate of drug-likeness (QED) is 0.303. The van der Waals surface area contributed by atoms with Gasteiger partial charge in [0, 0.05) is 31.8 Å². The van der Waals surface area contributed by atoms with E-state index in [4.69, 9.17) is 0 Å². The summed E-state index contributed by atoms with van der Waals surface area (Å²) in [6.45, 7) is 1.97. The van der Waals surface area contributed by atoms with Gasteiger partial charge in [-0.3, -0.25) is 0 Å². The molecule has 2 nitrogen and oxygen atoms in total. The van der Waals surface area contributed by atoms with Crippen molar-refractivity contribution in [2.45, 2.75) is 6.92 Å². The van der Waals surface area contributed by atoms with Crippen molar-refractivity contribution in [2.75, 3.05) is 0 Å². The molecule has 0 spiro atoms. The largest absolute Gasteiger partial charge is 0.309 e.